The van der Waals surface area contributed by atoms with Crippen LogP contribution >= 0.6 is 0 Å². The molecule has 0 N–H and O–H groups in total. The maximum Gasteiger partial charge on any atom is 0.339 e. The highest BCUT2D eigenvalue weighted by Gasteiger charge is 2.88. The number of esters is 1. The largest absolute Gasteiger partial charge is 0.462 e. The van der Waals surface area contributed by atoms with Gasteiger partial charge >= 0.3 is 5.97 Å². The van der Waals surface area contributed by atoms with E-state index in [-0.39, 0.29) is 30.0 Å². The first kappa shape index (κ1) is 14.8. The number of carbonyl (C=O) groups excluding carboxylic acids is 3. The minimum Gasteiger partial charge on any atom is -0.462 e. The van der Waals surface area contributed by atoms with Gasteiger partial charge in [0.25, 0.3) is 0 Å². The Morgan fingerprint density at radius 3 is 2.71 bits per heavy atom. The lowest BCUT2D eigenvalue weighted by Gasteiger charge is -2.61. The van der Waals surface area contributed by atoms with Gasteiger partial charge in [0.1, 0.15) is 17.8 Å². The number of rotatable bonds is 0. The second kappa shape index (κ2) is 3.85. The van der Waals surface area contributed by atoms with Gasteiger partial charge in [-0.3, -0.25) is 9.59 Å². The fourth-order valence-electron chi connectivity index (χ4n) is 6.60. The lowest BCUT2D eigenvalue weighted by molar-refractivity contribution is -0.222. The Hall–Kier alpha value is -1.49. The summed E-state index contributed by atoms with van der Waals surface area (Å²) in [5, 5.41) is 0. The van der Waals surface area contributed by atoms with Crippen LogP contribution in [0.3, 0.4) is 0 Å². The highest BCUT2D eigenvalue weighted by molar-refractivity contribution is 6.09. The normalized spacial score (nSPS) is 53.6. The molecule has 24 heavy (non-hydrogen) atoms. The van der Waals surface area contributed by atoms with Gasteiger partial charge in [-0.25, -0.2) is 4.79 Å². The highest BCUT2D eigenvalue weighted by Crippen LogP contribution is 2.75. The van der Waals surface area contributed by atoms with Crippen LogP contribution in [0.15, 0.2) is 12.2 Å². The number of cyclic esters (lactones) is 1. The summed E-state index contributed by atoms with van der Waals surface area (Å²) in [7, 11) is 0. The summed E-state index contributed by atoms with van der Waals surface area (Å²) in [6.07, 6.45) is 4.88. The predicted molar refractivity (Wildman–Crippen MR) is 82.9 cm³/mol. The second-order valence-electron chi connectivity index (χ2n) is 8.95. The smallest absolute Gasteiger partial charge is 0.339 e. The van der Waals surface area contributed by atoms with E-state index in [2.05, 4.69) is 0 Å². The summed E-state index contributed by atoms with van der Waals surface area (Å²) in [6, 6.07) is 0. The number of ketones is 2. The van der Waals surface area contributed by atoms with E-state index in [0.29, 0.717) is 12.8 Å². The molecule has 4 bridgehead atoms. The molecule has 0 unspecified atom stereocenters. The van der Waals surface area contributed by atoms with E-state index < -0.39 is 33.9 Å². The van der Waals surface area contributed by atoms with Gasteiger partial charge in [-0.1, -0.05) is 26.8 Å². The predicted octanol–water partition coefficient (Wildman–Crippen LogP) is 1.84. The van der Waals surface area contributed by atoms with Gasteiger partial charge in [-0.05, 0) is 31.3 Å². The van der Waals surface area contributed by atoms with Crippen LogP contribution in [0.25, 0.3) is 0 Å². The molecule has 0 radical (unpaired) electrons. The SMILES string of the molecule is C[C@H]1C(=O)[C@@]23CC[C@@H]1C[C@@]21O[C@H]2C(C)(C)C=CC(=O)[C@@]23COC1=O. The fraction of sp³-hybridized carbons (Fsp3) is 0.737. The molecule has 0 aromatic heterocycles. The zero-order chi connectivity index (χ0) is 17.1. The maximum absolute atomic E-state index is 13.5. The van der Waals surface area contributed by atoms with Crippen molar-refractivity contribution in [3.05, 3.63) is 12.2 Å². The molecule has 6 aliphatic rings. The third-order valence-electron chi connectivity index (χ3n) is 7.74. The molecule has 6 rings (SSSR count). The Bertz CT molecular complexity index is 736. The lowest BCUT2D eigenvalue weighted by Crippen LogP contribution is -2.75. The number of allylic oxidation sites excluding steroid dienone is 1. The number of ether oxygens (including phenoxy) is 2. The van der Waals surface area contributed by atoms with Gasteiger partial charge in [0.15, 0.2) is 11.4 Å². The average Bonchev–Trinajstić information content (AvgIpc) is 2.76. The monoisotopic (exact) mass is 330 g/mol. The number of fused-ring (bicyclic) bond motifs is 2. The molecule has 5 heteroatoms. The van der Waals surface area contributed by atoms with Crippen molar-refractivity contribution in [2.24, 2.45) is 28.1 Å². The first-order chi connectivity index (χ1) is 11.2. The molecule has 3 saturated carbocycles. The van der Waals surface area contributed by atoms with Crippen molar-refractivity contribution >= 4 is 17.5 Å². The summed E-state index contributed by atoms with van der Waals surface area (Å²) >= 11 is 0. The van der Waals surface area contributed by atoms with Crippen LogP contribution in [0.1, 0.15) is 40.0 Å². The van der Waals surface area contributed by atoms with Crippen molar-refractivity contribution in [2.45, 2.75) is 51.7 Å². The molecule has 2 aliphatic heterocycles. The average molecular weight is 330 g/mol. The zero-order valence-corrected chi connectivity index (χ0v) is 14.3. The summed E-state index contributed by atoms with van der Waals surface area (Å²) < 4.78 is 12.0. The number of carbonyl (C=O) groups is 3. The number of Topliss-reactive ketones (excluding diaryl/α,β-unsaturated/α-hetero) is 1. The quantitative estimate of drug-likeness (QED) is 0.634. The fourth-order valence-corrected chi connectivity index (χ4v) is 6.60. The summed E-state index contributed by atoms with van der Waals surface area (Å²) in [5.74, 6) is -0.492. The Morgan fingerprint density at radius 2 is 1.96 bits per heavy atom. The van der Waals surface area contributed by atoms with Crippen molar-refractivity contribution in [1.29, 1.82) is 0 Å². The Balaban J connectivity index is 1.87. The standard InChI is InChI=1S/C19H22O5/c1-10-11-4-7-18(13(10)21)17-9-23-15(22)19(18,8-11)24-14(17)16(2,3)6-5-12(17)20/h5-6,10-11,14H,4,7-9H2,1-3H3/t10-,11-,14+,17+,18-,19+/m1/s1. The maximum atomic E-state index is 13.5. The molecule has 2 saturated heterocycles. The van der Waals surface area contributed by atoms with Crippen LogP contribution in [0, 0.1) is 28.1 Å². The summed E-state index contributed by atoms with van der Waals surface area (Å²) in [6.45, 7) is 5.92. The van der Waals surface area contributed by atoms with Gasteiger partial charge < -0.3 is 9.47 Å². The molecule has 128 valence electrons. The van der Waals surface area contributed by atoms with Gasteiger partial charge in [-0.15, -0.1) is 0 Å². The van der Waals surface area contributed by atoms with Crippen LogP contribution in [0.4, 0.5) is 0 Å². The van der Waals surface area contributed by atoms with Crippen LogP contribution in [0.2, 0.25) is 0 Å². The van der Waals surface area contributed by atoms with Crippen LogP contribution in [-0.4, -0.2) is 35.8 Å². The van der Waals surface area contributed by atoms with E-state index in [4.69, 9.17) is 9.47 Å². The molecular weight excluding hydrogens is 308 g/mol. The molecule has 0 aromatic carbocycles. The van der Waals surface area contributed by atoms with E-state index in [0.717, 1.165) is 6.42 Å². The van der Waals surface area contributed by atoms with E-state index >= 15 is 0 Å². The van der Waals surface area contributed by atoms with E-state index in [1.807, 2.05) is 26.8 Å². The second-order valence-corrected chi connectivity index (χ2v) is 8.95. The minimum absolute atomic E-state index is 0.0338. The third-order valence-corrected chi connectivity index (χ3v) is 7.74. The molecule has 5 fully saturated rings. The summed E-state index contributed by atoms with van der Waals surface area (Å²) in [4.78, 5) is 39.5. The summed E-state index contributed by atoms with van der Waals surface area (Å²) in [5.41, 5.74) is -3.80. The Kier molecular flexibility index (Phi) is 2.37. The Morgan fingerprint density at radius 1 is 1.21 bits per heavy atom. The first-order valence-corrected chi connectivity index (χ1v) is 8.86. The zero-order valence-electron chi connectivity index (χ0n) is 14.3. The number of hydrogen-bond donors (Lipinski definition) is 0. The van der Waals surface area contributed by atoms with Crippen molar-refractivity contribution < 1.29 is 23.9 Å². The van der Waals surface area contributed by atoms with E-state index in [1.54, 1.807) is 6.08 Å². The van der Waals surface area contributed by atoms with Crippen molar-refractivity contribution in [3.63, 3.8) is 0 Å². The van der Waals surface area contributed by atoms with E-state index in [9.17, 15) is 14.4 Å². The molecule has 6 atom stereocenters. The van der Waals surface area contributed by atoms with Gasteiger partial charge in [-0.2, -0.15) is 0 Å². The topological polar surface area (TPSA) is 69.7 Å². The van der Waals surface area contributed by atoms with Crippen LogP contribution in [0.5, 0.6) is 0 Å². The van der Waals surface area contributed by atoms with Gasteiger partial charge in [0.05, 0.1) is 11.5 Å². The molecule has 2 heterocycles. The molecule has 0 aromatic rings. The van der Waals surface area contributed by atoms with Crippen molar-refractivity contribution in [2.75, 3.05) is 6.61 Å². The molecule has 2 spiro atoms. The molecule has 5 nitrogen and oxygen atoms in total. The lowest BCUT2D eigenvalue weighted by atomic mass is 9.38. The molecule has 0 amide bonds. The molecular formula is C19H22O5. The van der Waals surface area contributed by atoms with Crippen LogP contribution < -0.4 is 0 Å². The first-order valence-electron chi connectivity index (χ1n) is 8.86. The number of hydrogen-bond acceptors (Lipinski definition) is 5. The Labute approximate surface area is 140 Å². The minimum atomic E-state index is -1.26. The van der Waals surface area contributed by atoms with Gasteiger partial charge in [0, 0.05) is 11.3 Å². The molecule has 4 aliphatic carbocycles. The van der Waals surface area contributed by atoms with E-state index in [1.165, 1.54) is 0 Å². The van der Waals surface area contributed by atoms with Crippen molar-refractivity contribution in [1.82, 2.24) is 0 Å². The highest BCUT2D eigenvalue weighted by atomic mass is 16.6. The van der Waals surface area contributed by atoms with Crippen LogP contribution in [-0.2, 0) is 23.9 Å². The van der Waals surface area contributed by atoms with Crippen molar-refractivity contribution in [3.8, 4) is 0 Å². The third kappa shape index (κ3) is 1.15. The van der Waals surface area contributed by atoms with Gasteiger partial charge in [0.2, 0.25) is 0 Å².